The Kier molecular flexibility index (Phi) is 3.63. The lowest BCUT2D eigenvalue weighted by Crippen LogP contribution is -2.66. The van der Waals surface area contributed by atoms with Crippen LogP contribution >= 0.6 is 0 Å². The van der Waals surface area contributed by atoms with E-state index in [1.165, 1.54) is 11.6 Å². The molecule has 0 aromatic heterocycles. The number of hydrogen-bond acceptors (Lipinski definition) is 5. The fraction of sp³-hybridized carbons (Fsp3) is 0.421. The Morgan fingerprint density at radius 1 is 1.12 bits per heavy atom. The summed E-state index contributed by atoms with van der Waals surface area (Å²) in [4.78, 5) is 35.9. The quantitative estimate of drug-likeness (QED) is 0.497. The van der Waals surface area contributed by atoms with Gasteiger partial charge in [0.05, 0.1) is 30.4 Å². The first-order chi connectivity index (χ1) is 12.0. The highest BCUT2D eigenvalue weighted by molar-refractivity contribution is 6.08. The highest BCUT2D eigenvalue weighted by atomic mass is 16.6. The van der Waals surface area contributed by atoms with Gasteiger partial charge in [0.1, 0.15) is 11.4 Å². The van der Waals surface area contributed by atoms with Gasteiger partial charge in [-0.2, -0.15) is 0 Å². The van der Waals surface area contributed by atoms with Crippen LogP contribution in [0.1, 0.15) is 18.9 Å². The van der Waals surface area contributed by atoms with Gasteiger partial charge in [-0.1, -0.05) is 30.3 Å². The van der Waals surface area contributed by atoms with Gasteiger partial charge in [0.2, 0.25) is 11.8 Å². The van der Waals surface area contributed by atoms with E-state index in [1.807, 2.05) is 18.2 Å². The van der Waals surface area contributed by atoms with E-state index in [0.29, 0.717) is 12.4 Å². The topological polar surface area (TPSA) is 81.7 Å². The van der Waals surface area contributed by atoms with Crippen LogP contribution in [0.5, 0.6) is 0 Å². The van der Waals surface area contributed by atoms with Crippen molar-refractivity contribution in [2.75, 3.05) is 6.61 Å². The summed E-state index contributed by atoms with van der Waals surface area (Å²) < 4.78 is 11.2. The maximum atomic E-state index is 12.0. The molecule has 1 aromatic rings. The summed E-state index contributed by atoms with van der Waals surface area (Å²) >= 11 is 0. The average molecular weight is 341 g/mol. The molecule has 4 rings (SSSR count). The first-order valence-electron chi connectivity index (χ1n) is 8.47. The minimum absolute atomic E-state index is 0.311. The molecule has 1 saturated carbocycles. The average Bonchev–Trinajstić information content (AvgIpc) is 2.83. The molecule has 25 heavy (non-hydrogen) atoms. The summed E-state index contributed by atoms with van der Waals surface area (Å²) in [5, 5.41) is 2.33. The molecule has 1 aliphatic carbocycles. The van der Waals surface area contributed by atoms with Crippen LogP contribution in [0.15, 0.2) is 42.2 Å². The molecule has 1 saturated heterocycles. The maximum Gasteiger partial charge on any atom is 0.334 e. The van der Waals surface area contributed by atoms with E-state index >= 15 is 0 Å². The molecule has 6 heteroatoms. The summed E-state index contributed by atoms with van der Waals surface area (Å²) in [6.07, 6.45) is 2.96. The van der Waals surface area contributed by atoms with Gasteiger partial charge in [0.15, 0.2) is 0 Å². The molecule has 1 N–H and O–H groups in total. The monoisotopic (exact) mass is 341 g/mol. The zero-order valence-corrected chi connectivity index (χ0v) is 13.9. The summed E-state index contributed by atoms with van der Waals surface area (Å²) in [7, 11) is 0. The minimum Gasteiger partial charge on any atom is -0.497 e. The van der Waals surface area contributed by atoms with Gasteiger partial charge in [0.25, 0.3) is 0 Å². The molecular formula is C19H19NO5. The summed E-state index contributed by atoms with van der Waals surface area (Å²) in [6, 6.07) is 10.1. The fourth-order valence-corrected chi connectivity index (χ4v) is 4.27. The minimum atomic E-state index is -0.999. The molecule has 6 nitrogen and oxygen atoms in total. The second-order valence-corrected chi connectivity index (χ2v) is 6.92. The van der Waals surface area contributed by atoms with Crippen molar-refractivity contribution in [2.24, 2.45) is 17.8 Å². The van der Waals surface area contributed by atoms with E-state index in [2.05, 4.69) is 17.4 Å². The van der Waals surface area contributed by atoms with E-state index < -0.39 is 29.3 Å². The second-order valence-electron chi connectivity index (χ2n) is 6.92. The van der Waals surface area contributed by atoms with E-state index in [9.17, 15) is 14.4 Å². The van der Waals surface area contributed by atoms with Crippen LogP contribution in [0, 0.1) is 17.8 Å². The number of imide groups is 1. The number of ether oxygens (including phenoxy) is 2. The zero-order chi connectivity index (χ0) is 17.6. The number of nitrogens with one attached hydrogen (secondary N) is 1. The smallest absolute Gasteiger partial charge is 0.334 e. The molecule has 2 amide bonds. The lowest BCUT2D eigenvalue weighted by molar-refractivity contribution is -0.211. The van der Waals surface area contributed by atoms with Crippen molar-refractivity contribution in [3.63, 3.8) is 0 Å². The van der Waals surface area contributed by atoms with Crippen molar-refractivity contribution in [1.82, 2.24) is 5.32 Å². The Bertz CT molecular complexity index is 771. The SMILES string of the molecule is C[C@]12OC(=O)C=C(OCCCc3ccccc3)C1C1C(=O)NC(=O)C12. The van der Waals surface area contributed by atoms with Gasteiger partial charge < -0.3 is 9.47 Å². The number of hydrogen-bond donors (Lipinski definition) is 1. The van der Waals surface area contributed by atoms with Gasteiger partial charge in [-0.25, -0.2) is 4.79 Å². The van der Waals surface area contributed by atoms with E-state index in [1.54, 1.807) is 6.92 Å². The van der Waals surface area contributed by atoms with E-state index in [-0.39, 0.29) is 11.8 Å². The normalized spacial score (nSPS) is 32.8. The molecule has 130 valence electrons. The van der Waals surface area contributed by atoms with Gasteiger partial charge in [-0.15, -0.1) is 0 Å². The van der Waals surface area contributed by atoms with E-state index in [4.69, 9.17) is 9.47 Å². The molecular weight excluding hydrogens is 322 g/mol. The van der Waals surface area contributed by atoms with Crippen molar-refractivity contribution in [3.05, 3.63) is 47.7 Å². The Labute approximate surface area is 145 Å². The van der Waals surface area contributed by atoms with E-state index in [0.717, 1.165) is 12.8 Å². The van der Waals surface area contributed by atoms with Crippen molar-refractivity contribution in [1.29, 1.82) is 0 Å². The lowest BCUT2D eigenvalue weighted by Gasteiger charge is -2.54. The summed E-state index contributed by atoms with van der Waals surface area (Å²) in [5.74, 6) is -2.27. The Morgan fingerprint density at radius 3 is 2.64 bits per heavy atom. The third-order valence-corrected chi connectivity index (χ3v) is 5.39. The number of esters is 1. The van der Waals surface area contributed by atoms with Crippen LogP contribution in [0.4, 0.5) is 0 Å². The van der Waals surface area contributed by atoms with Crippen LogP contribution in [-0.4, -0.2) is 30.0 Å². The molecule has 0 radical (unpaired) electrons. The molecule has 1 aromatic carbocycles. The molecule has 4 atom stereocenters. The first kappa shape index (κ1) is 15.9. The lowest BCUT2D eigenvalue weighted by atomic mass is 9.53. The number of amides is 2. The molecule has 2 fully saturated rings. The van der Waals surface area contributed by atoms with Gasteiger partial charge >= 0.3 is 5.97 Å². The number of aryl methyl sites for hydroxylation is 1. The molecule has 3 unspecified atom stereocenters. The van der Waals surface area contributed by atoms with Crippen molar-refractivity contribution in [2.45, 2.75) is 25.4 Å². The third-order valence-electron chi connectivity index (χ3n) is 5.39. The number of carbonyl (C=O) groups excluding carboxylic acids is 3. The first-order valence-corrected chi connectivity index (χ1v) is 8.47. The summed E-state index contributed by atoms with van der Waals surface area (Å²) in [6.45, 7) is 2.14. The maximum absolute atomic E-state index is 12.0. The third kappa shape index (κ3) is 2.44. The zero-order valence-electron chi connectivity index (χ0n) is 13.9. The van der Waals surface area contributed by atoms with Crippen LogP contribution in [0.25, 0.3) is 0 Å². The molecule has 2 aliphatic heterocycles. The summed E-state index contributed by atoms with van der Waals surface area (Å²) in [5.41, 5.74) is 0.221. The van der Waals surface area contributed by atoms with Crippen LogP contribution < -0.4 is 5.32 Å². The van der Waals surface area contributed by atoms with Gasteiger partial charge in [-0.05, 0) is 25.3 Å². The van der Waals surface area contributed by atoms with Crippen LogP contribution in [-0.2, 0) is 30.3 Å². The van der Waals surface area contributed by atoms with Gasteiger partial charge in [-0.3, -0.25) is 14.9 Å². The Morgan fingerprint density at radius 2 is 1.88 bits per heavy atom. The van der Waals surface area contributed by atoms with Crippen LogP contribution in [0.3, 0.4) is 0 Å². The van der Waals surface area contributed by atoms with Crippen molar-refractivity contribution >= 4 is 17.8 Å². The largest absolute Gasteiger partial charge is 0.497 e. The Hall–Kier alpha value is -2.63. The number of benzene rings is 1. The predicted octanol–water partition coefficient (Wildman–Crippen LogP) is 1.35. The molecule has 0 spiro atoms. The standard InChI is InChI=1S/C19H19NO5/c1-19-15(14-16(19)18(23)20-17(14)22)12(10-13(21)25-19)24-9-5-8-11-6-3-2-4-7-11/h2-4,6-7,10,14-16H,5,8-9H2,1H3,(H,20,22,23)/t14?,15?,16?,19-/m0/s1. The number of fused-ring (bicyclic) bond motifs is 4. The molecule has 0 bridgehead atoms. The van der Waals surface area contributed by atoms with Crippen LogP contribution in [0.2, 0.25) is 0 Å². The van der Waals surface area contributed by atoms with Crippen molar-refractivity contribution in [3.8, 4) is 0 Å². The molecule has 3 aliphatic rings. The van der Waals surface area contributed by atoms with Gasteiger partial charge in [0, 0.05) is 0 Å². The fourth-order valence-electron chi connectivity index (χ4n) is 4.27. The predicted molar refractivity (Wildman–Crippen MR) is 86.9 cm³/mol. The number of rotatable bonds is 5. The highest BCUT2D eigenvalue weighted by Gasteiger charge is 2.73. The Balaban J connectivity index is 1.43. The molecule has 2 heterocycles. The second kappa shape index (κ2) is 5.72. The highest BCUT2D eigenvalue weighted by Crippen LogP contribution is 2.58. The van der Waals surface area contributed by atoms with Crippen molar-refractivity contribution < 1.29 is 23.9 Å². The number of carbonyl (C=O) groups is 3.